The summed E-state index contributed by atoms with van der Waals surface area (Å²) in [5.74, 6) is 0.823. The Morgan fingerprint density at radius 3 is 2.90 bits per heavy atom. The highest BCUT2D eigenvalue weighted by molar-refractivity contribution is 5.95. The molecule has 5 nitrogen and oxygen atoms in total. The van der Waals surface area contributed by atoms with E-state index < -0.39 is 0 Å². The quantitative estimate of drug-likeness (QED) is 0.926. The summed E-state index contributed by atoms with van der Waals surface area (Å²) >= 11 is 0. The third kappa shape index (κ3) is 4.17. The van der Waals surface area contributed by atoms with E-state index in [1.807, 2.05) is 37.8 Å². The number of carbonyl (C=O) groups excluding carboxylic acids is 1. The normalized spacial score (nSPS) is 17.6. The van der Waals surface area contributed by atoms with Crippen molar-refractivity contribution in [3.63, 3.8) is 0 Å². The largest absolute Gasteiger partial charge is 0.372 e. The molecule has 0 atom stereocenters. The van der Waals surface area contributed by atoms with Crippen molar-refractivity contribution in [2.45, 2.75) is 39.7 Å². The molecule has 5 heteroatoms. The number of hydrogen-bond acceptors (Lipinski definition) is 4. The minimum atomic E-state index is -0.278. The lowest BCUT2D eigenvalue weighted by atomic mass is 10.1. The van der Waals surface area contributed by atoms with Crippen LogP contribution in [0.2, 0.25) is 0 Å². The minimum absolute atomic E-state index is 0.0522. The lowest BCUT2D eigenvalue weighted by molar-refractivity contribution is -0.0764. The van der Waals surface area contributed by atoms with Crippen molar-refractivity contribution in [2.24, 2.45) is 0 Å². The van der Waals surface area contributed by atoms with Crippen LogP contribution in [0, 0.1) is 6.92 Å². The van der Waals surface area contributed by atoms with Crippen molar-refractivity contribution < 1.29 is 9.53 Å². The van der Waals surface area contributed by atoms with Gasteiger partial charge in [-0.2, -0.15) is 0 Å². The number of nitrogens with zero attached hydrogens (tertiary/aromatic N) is 2. The predicted octanol–water partition coefficient (Wildman–Crippen LogP) is 2.46. The van der Waals surface area contributed by atoms with Gasteiger partial charge in [0.15, 0.2) is 0 Å². The molecule has 0 saturated carbocycles. The molecule has 2 rings (SSSR count). The van der Waals surface area contributed by atoms with E-state index in [9.17, 15) is 4.79 Å². The monoisotopic (exact) mass is 291 g/mol. The minimum Gasteiger partial charge on any atom is -0.372 e. The fraction of sp³-hybridized carbons (Fsp3) is 0.625. The second-order valence-electron chi connectivity index (χ2n) is 6.14. The fourth-order valence-corrected chi connectivity index (χ4v) is 2.51. The summed E-state index contributed by atoms with van der Waals surface area (Å²) in [5, 5.41) is 3.24. The van der Waals surface area contributed by atoms with Crippen molar-refractivity contribution in [3.05, 3.63) is 23.4 Å². The van der Waals surface area contributed by atoms with Gasteiger partial charge in [-0.05, 0) is 39.3 Å². The smallest absolute Gasteiger partial charge is 0.254 e. The van der Waals surface area contributed by atoms with Gasteiger partial charge in [-0.15, -0.1) is 0 Å². The Balaban J connectivity index is 2.16. The molecule has 1 N–H and O–H groups in total. The SMILES string of the molecule is CCCNc1cc(C(=O)N2CCOC(C)(C)C2)cc(C)n1. The second kappa shape index (κ2) is 6.43. The van der Waals surface area contributed by atoms with E-state index in [2.05, 4.69) is 17.2 Å². The van der Waals surface area contributed by atoms with Crippen LogP contribution < -0.4 is 5.32 Å². The highest BCUT2D eigenvalue weighted by atomic mass is 16.5. The van der Waals surface area contributed by atoms with Crippen LogP contribution in [-0.2, 0) is 4.74 Å². The van der Waals surface area contributed by atoms with Crippen LogP contribution >= 0.6 is 0 Å². The van der Waals surface area contributed by atoms with E-state index in [0.717, 1.165) is 24.5 Å². The average Bonchev–Trinajstić information content (AvgIpc) is 2.42. The van der Waals surface area contributed by atoms with Crippen molar-refractivity contribution in [3.8, 4) is 0 Å². The molecule has 1 aliphatic heterocycles. The first-order valence-electron chi connectivity index (χ1n) is 7.57. The maximum absolute atomic E-state index is 12.7. The Hall–Kier alpha value is -1.62. The number of pyridine rings is 1. The number of ether oxygens (including phenoxy) is 1. The Bertz CT molecular complexity index is 514. The van der Waals surface area contributed by atoms with Gasteiger partial charge in [0.2, 0.25) is 0 Å². The van der Waals surface area contributed by atoms with Gasteiger partial charge in [0, 0.05) is 30.9 Å². The van der Waals surface area contributed by atoms with Crippen LogP contribution in [0.5, 0.6) is 0 Å². The molecule has 1 aliphatic rings. The zero-order valence-electron chi connectivity index (χ0n) is 13.4. The molecule has 2 heterocycles. The fourth-order valence-electron chi connectivity index (χ4n) is 2.51. The molecule has 1 aromatic heterocycles. The van der Waals surface area contributed by atoms with E-state index in [0.29, 0.717) is 25.3 Å². The van der Waals surface area contributed by atoms with Gasteiger partial charge in [0.25, 0.3) is 5.91 Å². The zero-order valence-corrected chi connectivity index (χ0v) is 13.4. The van der Waals surface area contributed by atoms with Crippen LogP contribution in [0.25, 0.3) is 0 Å². The van der Waals surface area contributed by atoms with Gasteiger partial charge in [-0.25, -0.2) is 4.98 Å². The number of aromatic nitrogens is 1. The zero-order chi connectivity index (χ0) is 15.5. The lowest BCUT2D eigenvalue weighted by Gasteiger charge is -2.38. The maximum Gasteiger partial charge on any atom is 0.254 e. The molecule has 1 saturated heterocycles. The Morgan fingerprint density at radius 1 is 1.48 bits per heavy atom. The summed E-state index contributed by atoms with van der Waals surface area (Å²) in [6.07, 6.45) is 1.02. The van der Waals surface area contributed by atoms with Crippen LogP contribution in [0.1, 0.15) is 43.2 Å². The summed E-state index contributed by atoms with van der Waals surface area (Å²) in [4.78, 5) is 19.0. The van der Waals surface area contributed by atoms with Crippen molar-refractivity contribution in [1.82, 2.24) is 9.88 Å². The average molecular weight is 291 g/mol. The van der Waals surface area contributed by atoms with Gasteiger partial charge < -0.3 is 15.0 Å². The predicted molar refractivity (Wildman–Crippen MR) is 83.7 cm³/mol. The van der Waals surface area contributed by atoms with Crippen LogP contribution in [0.15, 0.2) is 12.1 Å². The Kier molecular flexibility index (Phi) is 4.83. The van der Waals surface area contributed by atoms with E-state index in [4.69, 9.17) is 4.74 Å². The highest BCUT2D eigenvalue weighted by Gasteiger charge is 2.30. The second-order valence-corrected chi connectivity index (χ2v) is 6.14. The van der Waals surface area contributed by atoms with E-state index in [1.54, 1.807) is 0 Å². The van der Waals surface area contributed by atoms with E-state index >= 15 is 0 Å². The first-order valence-corrected chi connectivity index (χ1v) is 7.57. The molecule has 0 bridgehead atoms. The summed E-state index contributed by atoms with van der Waals surface area (Å²) in [6, 6.07) is 3.69. The van der Waals surface area contributed by atoms with Gasteiger partial charge in [-0.1, -0.05) is 6.92 Å². The van der Waals surface area contributed by atoms with Gasteiger partial charge in [0.05, 0.1) is 12.2 Å². The third-order valence-corrected chi connectivity index (χ3v) is 3.47. The van der Waals surface area contributed by atoms with Gasteiger partial charge >= 0.3 is 0 Å². The molecule has 1 fully saturated rings. The summed E-state index contributed by atoms with van der Waals surface area (Å²) in [7, 11) is 0. The molecule has 1 aromatic rings. The third-order valence-electron chi connectivity index (χ3n) is 3.47. The molecule has 0 aromatic carbocycles. The molecule has 21 heavy (non-hydrogen) atoms. The Morgan fingerprint density at radius 2 is 2.24 bits per heavy atom. The summed E-state index contributed by atoms with van der Waals surface area (Å²) in [6.45, 7) is 10.7. The first-order chi connectivity index (χ1) is 9.91. The van der Waals surface area contributed by atoms with Crippen LogP contribution in [0.3, 0.4) is 0 Å². The molecular weight excluding hydrogens is 266 g/mol. The van der Waals surface area contributed by atoms with Gasteiger partial charge in [0.1, 0.15) is 5.82 Å². The molecular formula is C16H25N3O2. The molecule has 0 unspecified atom stereocenters. The summed E-state index contributed by atoms with van der Waals surface area (Å²) in [5.41, 5.74) is 1.27. The molecule has 116 valence electrons. The number of hydrogen-bond donors (Lipinski definition) is 1. The van der Waals surface area contributed by atoms with E-state index in [1.165, 1.54) is 0 Å². The summed E-state index contributed by atoms with van der Waals surface area (Å²) < 4.78 is 5.66. The number of amides is 1. The number of aryl methyl sites for hydroxylation is 1. The molecule has 0 aliphatic carbocycles. The molecule has 0 radical (unpaired) electrons. The Labute approximate surface area is 126 Å². The molecule has 1 amide bonds. The number of rotatable bonds is 4. The van der Waals surface area contributed by atoms with Crippen molar-refractivity contribution in [2.75, 3.05) is 31.6 Å². The van der Waals surface area contributed by atoms with Crippen molar-refractivity contribution >= 4 is 11.7 Å². The number of anilines is 1. The number of morpholine rings is 1. The van der Waals surface area contributed by atoms with Crippen LogP contribution in [-0.4, -0.2) is 47.6 Å². The van der Waals surface area contributed by atoms with Crippen molar-refractivity contribution in [1.29, 1.82) is 0 Å². The number of nitrogens with one attached hydrogen (secondary N) is 1. The highest BCUT2D eigenvalue weighted by Crippen LogP contribution is 2.20. The first kappa shape index (κ1) is 15.8. The van der Waals surface area contributed by atoms with Gasteiger partial charge in [-0.3, -0.25) is 4.79 Å². The maximum atomic E-state index is 12.7. The molecule has 0 spiro atoms. The van der Waals surface area contributed by atoms with E-state index in [-0.39, 0.29) is 11.5 Å². The lowest BCUT2D eigenvalue weighted by Crippen LogP contribution is -2.50. The van der Waals surface area contributed by atoms with Crippen LogP contribution in [0.4, 0.5) is 5.82 Å². The standard InChI is InChI=1S/C16H25N3O2/c1-5-6-17-14-10-13(9-12(2)18-14)15(20)19-7-8-21-16(3,4)11-19/h9-10H,5-8,11H2,1-4H3,(H,17,18). The topological polar surface area (TPSA) is 54.5 Å². The number of carbonyl (C=O) groups is 1.